The number of nitrogens with zero attached hydrogens (tertiary/aromatic N) is 1. The second kappa shape index (κ2) is 6.06. The van der Waals surface area contributed by atoms with Gasteiger partial charge in [-0.2, -0.15) is 0 Å². The summed E-state index contributed by atoms with van der Waals surface area (Å²) in [5.74, 6) is -3.48. The van der Waals surface area contributed by atoms with Gasteiger partial charge in [0.2, 0.25) is 5.91 Å². The molecule has 4 rings (SSSR count). The van der Waals surface area contributed by atoms with Gasteiger partial charge in [-0.3, -0.25) is 4.79 Å². The highest BCUT2D eigenvalue weighted by Gasteiger charge is 2.35. The molecule has 1 aromatic carbocycles. The van der Waals surface area contributed by atoms with Crippen LogP contribution in [-0.2, 0) is 4.79 Å². The van der Waals surface area contributed by atoms with Gasteiger partial charge in [-0.1, -0.05) is 6.07 Å². The number of carbonyl (C=O) groups excluding carboxylic acids is 1. The van der Waals surface area contributed by atoms with Crippen molar-refractivity contribution in [2.45, 2.75) is 12.3 Å². The van der Waals surface area contributed by atoms with E-state index in [9.17, 15) is 23.5 Å². The summed E-state index contributed by atoms with van der Waals surface area (Å²) in [6, 6.07) is 6.67. The molecule has 3 heterocycles. The number of aromatic carboxylic acids is 1. The molecule has 1 amide bonds. The van der Waals surface area contributed by atoms with Crippen molar-refractivity contribution in [3.8, 4) is 5.69 Å². The monoisotopic (exact) mass is 374 g/mol. The number of amides is 1. The standard InChI is InChI=1S/C18H12F2N2O3S/c19-9-4-10(20)6-11(5-9)22-8-13(18(24)25)16-17(22)12(7-15(23)21-16)14-2-1-3-26-14/h1-6,8,12H,7H2,(H,21,23)(H,24,25)/t12-/m0/s1. The Labute approximate surface area is 150 Å². The van der Waals surface area contributed by atoms with Crippen LogP contribution in [0.1, 0.15) is 33.3 Å². The van der Waals surface area contributed by atoms with Crippen molar-refractivity contribution in [1.29, 1.82) is 0 Å². The van der Waals surface area contributed by atoms with E-state index in [2.05, 4.69) is 5.32 Å². The van der Waals surface area contributed by atoms with E-state index < -0.39 is 23.5 Å². The summed E-state index contributed by atoms with van der Waals surface area (Å²) in [6.45, 7) is 0. The van der Waals surface area contributed by atoms with E-state index >= 15 is 0 Å². The molecule has 132 valence electrons. The van der Waals surface area contributed by atoms with E-state index in [1.807, 2.05) is 17.5 Å². The molecule has 0 radical (unpaired) electrons. The number of fused-ring (bicyclic) bond motifs is 1. The maximum atomic E-state index is 13.7. The van der Waals surface area contributed by atoms with Crippen LogP contribution in [0.25, 0.3) is 5.69 Å². The van der Waals surface area contributed by atoms with Crippen LogP contribution in [0.3, 0.4) is 0 Å². The van der Waals surface area contributed by atoms with Crippen LogP contribution >= 0.6 is 11.3 Å². The highest BCUT2D eigenvalue weighted by atomic mass is 32.1. The smallest absolute Gasteiger partial charge is 0.339 e. The summed E-state index contributed by atoms with van der Waals surface area (Å²) in [4.78, 5) is 24.6. The number of anilines is 1. The molecule has 0 saturated heterocycles. The predicted octanol–water partition coefficient (Wildman–Crippen LogP) is 3.99. The molecule has 0 aliphatic carbocycles. The average Bonchev–Trinajstić information content (AvgIpc) is 3.21. The SMILES string of the molecule is O=C1C[C@@H](c2cccs2)c2c(c(C(=O)O)cn2-c2cc(F)cc(F)c2)N1. The summed E-state index contributed by atoms with van der Waals surface area (Å²) >= 11 is 1.43. The number of hydrogen-bond donors (Lipinski definition) is 2. The van der Waals surface area contributed by atoms with Crippen molar-refractivity contribution in [2.75, 3.05) is 5.32 Å². The third kappa shape index (κ3) is 2.68. The minimum atomic E-state index is -1.23. The van der Waals surface area contributed by atoms with Crippen molar-refractivity contribution in [1.82, 2.24) is 4.57 Å². The highest BCUT2D eigenvalue weighted by Crippen LogP contribution is 2.42. The predicted molar refractivity (Wildman–Crippen MR) is 92.1 cm³/mol. The lowest BCUT2D eigenvalue weighted by molar-refractivity contribution is -0.116. The second-order valence-electron chi connectivity index (χ2n) is 5.93. The highest BCUT2D eigenvalue weighted by molar-refractivity contribution is 7.10. The average molecular weight is 374 g/mol. The van der Waals surface area contributed by atoms with E-state index in [0.29, 0.717) is 5.69 Å². The fourth-order valence-electron chi connectivity index (χ4n) is 3.25. The van der Waals surface area contributed by atoms with Crippen molar-refractivity contribution in [3.63, 3.8) is 0 Å². The molecular formula is C18H12F2N2O3S. The van der Waals surface area contributed by atoms with E-state index in [-0.39, 0.29) is 29.3 Å². The first-order chi connectivity index (χ1) is 12.4. The topological polar surface area (TPSA) is 71.3 Å². The summed E-state index contributed by atoms with van der Waals surface area (Å²) in [6.07, 6.45) is 1.40. The van der Waals surface area contributed by atoms with Gasteiger partial charge in [0.05, 0.1) is 17.1 Å². The molecule has 0 fully saturated rings. The summed E-state index contributed by atoms with van der Waals surface area (Å²) in [5.41, 5.74) is 0.689. The molecule has 0 bridgehead atoms. The fraction of sp³-hybridized carbons (Fsp3) is 0.111. The van der Waals surface area contributed by atoms with Crippen molar-refractivity contribution in [2.24, 2.45) is 0 Å². The van der Waals surface area contributed by atoms with Gasteiger partial charge in [0, 0.05) is 29.5 Å². The normalized spacial score (nSPS) is 16.2. The maximum absolute atomic E-state index is 13.7. The van der Waals surface area contributed by atoms with Gasteiger partial charge in [0.1, 0.15) is 17.2 Å². The molecule has 26 heavy (non-hydrogen) atoms. The largest absolute Gasteiger partial charge is 0.478 e. The molecule has 2 N–H and O–H groups in total. The van der Waals surface area contributed by atoms with E-state index in [0.717, 1.165) is 23.1 Å². The van der Waals surface area contributed by atoms with Gasteiger partial charge in [-0.25, -0.2) is 13.6 Å². The van der Waals surface area contributed by atoms with Gasteiger partial charge >= 0.3 is 5.97 Å². The quantitative estimate of drug-likeness (QED) is 0.728. The first kappa shape index (κ1) is 16.5. The molecule has 8 heteroatoms. The molecule has 0 spiro atoms. The Kier molecular flexibility index (Phi) is 3.84. The molecule has 2 aromatic heterocycles. The third-order valence-corrected chi connectivity index (χ3v) is 5.26. The third-order valence-electron chi connectivity index (χ3n) is 4.27. The van der Waals surface area contributed by atoms with Crippen LogP contribution in [0, 0.1) is 11.6 Å². The maximum Gasteiger partial charge on any atom is 0.339 e. The Morgan fingerprint density at radius 3 is 2.62 bits per heavy atom. The van der Waals surface area contributed by atoms with E-state index in [1.54, 1.807) is 0 Å². The first-order valence-corrected chi connectivity index (χ1v) is 8.60. The zero-order valence-electron chi connectivity index (χ0n) is 13.2. The minimum Gasteiger partial charge on any atom is -0.478 e. The van der Waals surface area contributed by atoms with Crippen molar-refractivity contribution >= 4 is 28.9 Å². The molecule has 0 unspecified atom stereocenters. The Bertz CT molecular complexity index is 1010. The van der Waals surface area contributed by atoms with Crippen LogP contribution in [-0.4, -0.2) is 21.6 Å². The molecular weight excluding hydrogens is 362 g/mol. The van der Waals surface area contributed by atoms with Crippen molar-refractivity contribution < 1.29 is 23.5 Å². The molecule has 3 aromatic rings. The summed E-state index contributed by atoms with van der Waals surface area (Å²) in [5, 5.41) is 14.0. The van der Waals surface area contributed by atoms with Crippen molar-refractivity contribution in [3.05, 3.63) is 69.7 Å². The molecule has 5 nitrogen and oxygen atoms in total. The number of benzene rings is 1. The van der Waals surface area contributed by atoms with Gasteiger partial charge in [-0.15, -0.1) is 11.3 Å². The Hall–Kier alpha value is -3.00. The Morgan fingerprint density at radius 2 is 2.00 bits per heavy atom. The van der Waals surface area contributed by atoms with Crippen LogP contribution in [0.5, 0.6) is 0 Å². The summed E-state index contributed by atoms with van der Waals surface area (Å²) < 4.78 is 28.9. The van der Waals surface area contributed by atoms with E-state index in [4.69, 9.17) is 0 Å². The lowest BCUT2D eigenvalue weighted by atomic mass is 9.93. The number of thiophene rings is 1. The molecule has 0 saturated carbocycles. The second-order valence-corrected chi connectivity index (χ2v) is 6.91. The lowest BCUT2D eigenvalue weighted by Gasteiger charge is -2.25. The van der Waals surface area contributed by atoms with Crippen LogP contribution < -0.4 is 5.32 Å². The number of carboxylic acid groups (broad SMARTS) is 1. The molecule has 1 aliphatic heterocycles. The van der Waals surface area contributed by atoms with Gasteiger partial charge < -0.3 is 15.0 Å². The van der Waals surface area contributed by atoms with Crippen LogP contribution in [0.2, 0.25) is 0 Å². The fourth-order valence-corrected chi connectivity index (χ4v) is 4.08. The number of halogens is 2. The van der Waals surface area contributed by atoms with Gasteiger partial charge in [0.25, 0.3) is 0 Å². The molecule has 1 atom stereocenters. The number of carbonyl (C=O) groups is 2. The lowest BCUT2D eigenvalue weighted by Crippen LogP contribution is -2.25. The van der Waals surface area contributed by atoms with Crippen LogP contribution in [0.15, 0.2) is 41.9 Å². The number of rotatable bonds is 3. The number of hydrogen-bond acceptors (Lipinski definition) is 3. The first-order valence-electron chi connectivity index (χ1n) is 7.72. The number of carboxylic acids is 1. The molecule has 1 aliphatic rings. The van der Waals surface area contributed by atoms with E-state index in [1.165, 1.54) is 22.1 Å². The Balaban J connectivity index is 2.00. The zero-order valence-corrected chi connectivity index (χ0v) is 14.0. The zero-order chi connectivity index (χ0) is 18.4. The number of nitrogens with one attached hydrogen (secondary N) is 1. The van der Waals surface area contributed by atoms with Crippen LogP contribution in [0.4, 0.5) is 14.5 Å². The minimum absolute atomic E-state index is 0.119. The Morgan fingerprint density at radius 1 is 1.27 bits per heavy atom. The summed E-state index contributed by atoms with van der Waals surface area (Å²) in [7, 11) is 0. The van der Waals surface area contributed by atoms with Gasteiger partial charge in [-0.05, 0) is 23.6 Å². The van der Waals surface area contributed by atoms with Gasteiger partial charge in [0.15, 0.2) is 0 Å². The number of aromatic nitrogens is 1.